The van der Waals surface area contributed by atoms with E-state index in [0.717, 1.165) is 6.42 Å². The summed E-state index contributed by atoms with van der Waals surface area (Å²) in [6.45, 7) is 4.32. The summed E-state index contributed by atoms with van der Waals surface area (Å²) < 4.78 is 0. The van der Waals surface area contributed by atoms with Crippen LogP contribution in [0.1, 0.15) is 30.6 Å². The molecule has 1 aromatic heterocycles. The number of anilines is 2. The lowest BCUT2D eigenvalue weighted by molar-refractivity contribution is 0.0696. The van der Waals surface area contributed by atoms with Crippen LogP contribution in [0.4, 0.5) is 11.5 Å². The molecule has 86 valence electrons. The summed E-state index contributed by atoms with van der Waals surface area (Å²) in [5, 5.41) is 12.0. The topological polar surface area (TPSA) is 88.2 Å². The first kappa shape index (κ1) is 10.7. The van der Waals surface area contributed by atoms with Crippen molar-refractivity contribution in [2.75, 3.05) is 11.1 Å². The summed E-state index contributed by atoms with van der Waals surface area (Å²) in [7, 11) is 0. The Balaban J connectivity index is 2.14. The predicted molar refractivity (Wildman–Crippen MR) is 61.4 cm³/mol. The highest BCUT2D eigenvalue weighted by Gasteiger charge is 2.46. The SMILES string of the molecule is CC1(C)CC1Nc1ncc(C(=O)O)cc1N. The van der Waals surface area contributed by atoms with Crippen molar-refractivity contribution in [1.82, 2.24) is 4.98 Å². The predicted octanol–water partition coefficient (Wildman–Crippen LogP) is 1.57. The van der Waals surface area contributed by atoms with Crippen molar-refractivity contribution in [3.63, 3.8) is 0 Å². The highest BCUT2D eigenvalue weighted by Crippen LogP contribution is 2.46. The van der Waals surface area contributed by atoms with Gasteiger partial charge in [-0.1, -0.05) is 13.8 Å². The highest BCUT2D eigenvalue weighted by molar-refractivity contribution is 5.89. The Morgan fingerprint density at radius 1 is 1.69 bits per heavy atom. The van der Waals surface area contributed by atoms with E-state index in [9.17, 15) is 4.79 Å². The van der Waals surface area contributed by atoms with Crippen molar-refractivity contribution in [3.05, 3.63) is 17.8 Å². The largest absolute Gasteiger partial charge is 0.478 e. The minimum Gasteiger partial charge on any atom is -0.478 e. The van der Waals surface area contributed by atoms with Crippen LogP contribution in [-0.4, -0.2) is 22.1 Å². The molecular formula is C11H15N3O2. The molecular weight excluding hydrogens is 206 g/mol. The maximum Gasteiger partial charge on any atom is 0.337 e. The van der Waals surface area contributed by atoms with E-state index in [1.54, 1.807) is 0 Å². The molecule has 1 aromatic rings. The fourth-order valence-electron chi connectivity index (χ4n) is 1.60. The number of hydrogen-bond donors (Lipinski definition) is 3. The number of nitrogen functional groups attached to an aromatic ring is 1. The lowest BCUT2D eigenvalue weighted by Gasteiger charge is -2.09. The molecule has 5 nitrogen and oxygen atoms in total. The van der Waals surface area contributed by atoms with Gasteiger partial charge in [0, 0.05) is 12.2 Å². The third kappa shape index (κ3) is 1.93. The Kier molecular flexibility index (Phi) is 2.26. The summed E-state index contributed by atoms with van der Waals surface area (Å²) >= 11 is 0. The van der Waals surface area contributed by atoms with Gasteiger partial charge < -0.3 is 16.2 Å². The number of carboxylic acids is 1. The molecule has 0 saturated heterocycles. The number of hydrogen-bond acceptors (Lipinski definition) is 4. The summed E-state index contributed by atoms with van der Waals surface area (Å²) in [4.78, 5) is 14.7. The first-order valence-electron chi connectivity index (χ1n) is 5.15. The van der Waals surface area contributed by atoms with Gasteiger partial charge >= 0.3 is 5.97 Å². The van der Waals surface area contributed by atoms with E-state index < -0.39 is 5.97 Å². The number of nitrogens with one attached hydrogen (secondary N) is 1. The first-order chi connectivity index (χ1) is 7.40. The summed E-state index contributed by atoms with van der Waals surface area (Å²) in [5.41, 5.74) is 6.50. The molecule has 1 fully saturated rings. The van der Waals surface area contributed by atoms with Crippen LogP contribution < -0.4 is 11.1 Å². The minimum atomic E-state index is -1.02. The third-order valence-electron chi connectivity index (χ3n) is 2.99. The Labute approximate surface area is 93.7 Å². The Morgan fingerprint density at radius 2 is 2.31 bits per heavy atom. The number of nitrogens with two attached hydrogens (primary N) is 1. The van der Waals surface area contributed by atoms with E-state index in [0.29, 0.717) is 17.5 Å². The second-order valence-electron chi connectivity index (χ2n) is 4.86. The van der Waals surface area contributed by atoms with Crippen LogP contribution >= 0.6 is 0 Å². The Morgan fingerprint density at radius 3 is 2.75 bits per heavy atom. The van der Waals surface area contributed by atoms with Crippen molar-refractivity contribution >= 4 is 17.5 Å². The van der Waals surface area contributed by atoms with E-state index in [1.165, 1.54) is 12.3 Å². The van der Waals surface area contributed by atoms with Gasteiger partial charge in [-0.2, -0.15) is 0 Å². The van der Waals surface area contributed by atoms with Crippen LogP contribution in [-0.2, 0) is 0 Å². The average molecular weight is 221 g/mol. The van der Waals surface area contributed by atoms with Crippen LogP contribution in [0.25, 0.3) is 0 Å². The molecule has 1 unspecified atom stereocenters. The zero-order chi connectivity index (χ0) is 11.9. The van der Waals surface area contributed by atoms with Crippen molar-refractivity contribution in [2.45, 2.75) is 26.3 Å². The number of pyridine rings is 1. The molecule has 1 aliphatic carbocycles. The average Bonchev–Trinajstić information content (AvgIpc) is 2.77. The zero-order valence-corrected chi connectivity index (χ0v) is 9.32. The molecule has 0 aromatic carbocycles. The Hall–Kier alpha value is -1.78. The molecule has 0 aliphatic heterocycles. The monoisotopic (exact) mass is 221 g/mol. The maximum absolute atomic E-state index is 10.7. The summed E-state index contributed by atoms with van der Waals surface area (Å²) in [6, 6.07) is 1.80. The maximum atomic E-state index is 10.7. The van der Waals surface area contributed by atoms with Crippen LogP contribution in [0.2, 0.25) is 0 Å². The number of rotatable bonds is 3. The standard InChI is InChI=1S/C11H15N3O2/c1-11(2)4-8(11)14-9-7(12)3-6(5-13-9)10(15)16/h3,5,8H,4,12H2,1-2H3,(H,13,14)(H,15,16). The zero-order valence-electron chi connectivity index (χ0n) is 9.32. The molecule has 5 heteroatoms. The lowest BCUT2D eigenvalue weighted by Crippen LogP contribution is -2.12. The van der Waals surface area contributed by atoms with Crippen LogP contribution in [0, 0.1) is 5.41 Å². The van der Waals surface area contributed by atoms with Gasteiger partial charge in [0.1, 0.15) is 5.82 Å². The van der Waals surface area contributed by atoms with E-state index in [-0.39, 0.29) is 11.0 Å². The molecule has 0 amide bonds. The molecule has 1 heterocycles. The molecule has 1 saturated carbocycles. The van der Waals surface area contributed by atoms with Crippen molar-refractivity contribution in [3.8, 4) is 0 Å². The smallest absolute Gasteiger partial charge is 0.337 e. The molecule has 1 aliphatic rings. The van der Waals surface area contributed by atoms with Gasteiger partial charge in [-0.25, -0.2) is 9.78 Å². The van der Waals surface area contributed by atoms with Crippen LogP contribution in [0.5, 0.6) is 0 Å². The lowest BCUT2D eigenvalue weighted by atomic mass is 10.2. The van der Waals surface area contributed by atoms with Crippen LogP contribution in [0.15, 0.2) is 12.3 Å². The normalized spacial score (nSPS) is 21.5. The number of nitrogens with zero attached hydrogens (tertiary/aromatic N) is 1. The highest BCUT2D eigenvalue weighted by atomic mass is 16.4. The fraction of sp³-hybridized carbons (Fsp3) is 0.455. The number of carboxylic acid groups (broad SMARTS) is 1. The van der Waals surface area contributed by atoms with Gasteiger partial charge in [0.05, 0.1) is 11.3 Å². The third-order valence-corrected chi connectivity index (χ3v) is 2.99. The number of aromatic carboxylic acids is 1. The molecule has 0 bridgehead atoms. The van der Waals surface area contributed by atoms with E-state index in [4.69, 9.17) is 10.8 Å². The van der Waals surface area contributed by atoms with Gasteiger partial charge in [-0.05, 0) is 17.9 Å². The van der Waals surface area contributed by atoms with Gasteiger partial charge in [-0.3, -0.25) is 0 Å². The quantitative estimate of drug-likeness (QED) is 0.721. The summed E-state index contributed by atoms with van der Waals surface area (Å²) in [5.74, 6) is -0.446. The van der Waals surface area contributed by atoms with Crippen LogP contribution in [0.3, 0.4) is 0 Å². The van der Waals surface area contributed by atoms with Gasteiger partial charge in [0.25, 0.3) is 0 Å². The van der Waals surface area contributed by atoms with Crippen molar-refractivity contribution in [1.29, 1.82) is 0 Å². The van der Waals surface area contributed by atoms with Gasteiger partial charge in [-0.15, -0.1) is 0 Å². The number of aromatic nitrogens is 1. The second kappa shape index (κ2) is 3.37. The summed E-state index contributed by atoms with van der Waals surface area (Å²) in [6.07, 6.45) is 2.39. The van der Waals surface area contributed by atoms with Crippen molar-refractivity contribution in [2.24, 2.45) is 5.41 Å². The molecule has 4 N–H and O–H groups in total. The van der Waals surface area contributed by atoms with E-state index in [1.807, 2.05) is 0 Å². The minimum absolute atomic E-state index is 0.109. The molecule has 0 radical (unpaired) electrons. The number of carbonyl (C=O) groups is 1. The van der Waals surface area contributed by atoms with E-state index in [2.05, 4.69) is 24.1 Å². The fourth-order valence-corrected chi connectivity index (χ4v) is 1.60. The second-order valence-corrected chi connectivity index (χ2v) is 4.86. The molecule has 16 heavy (non-hydrogen) atoms. The first-order valence-corrected chi connectivity index (χ1v) is 5.15. The molecule has 1 atom stereocenters. The molecule has 2 rings (SSSR count). The van der Waals surface area contributed by atoms with Gasteiger partial charge in [0.15, 0.2) is 0 Å². The van der Waals surface area contributed by atoms with E-state index >= 15 is 0 Å². The van der Waals surface area contributed by atoms with Crippen molar-refractivity contribution < 1.29 is 9.90 Å². The molecule has 0 spiro atoms. The Bertz CT molecular complexity index is 443. The van der Waals surface area contributed by atoms with Gasteiger partial charge in [0.2, 0.25) is 0 Å².